The number of pyridine rings is 1. The normalized spacial score (nSPS) is 11.8. The monoisotopic (exact) mass is 297 g/mol. The minimum atomic E-state index is -1.00. The molecule has 2 heterocycles. The Morgan fingerprint density at radius 3 is 2.55 bits per heavy atom. The molecular formula is C18H19NO3. The van der Waals surface area contributed by atoms with E-state index < -0.39 is 5.60 Å². The van der Waals surface area contributed by atoms with Gasteiger partial charge in [-0.25, -0.2) is 0 Å². The van der Waals surface area contributed by atoms with Gasteiger partial charge in [0.25, 0.3) is 0 Å². The maximum Gasteiger partial charge on any atom is 0.137 e. The van der Waals surface area contributed by atoms with Gasteiger partial charge in [0.15, 0.2) is 0 Å². The molecule has 3 aromatic rings. The second-order valence-electron chi connectivity index (χ2n) is 5.86. The van der Waals surface area contributed by atoms with Crippen molar-refractivity contribution in [1.82, 2.24) is 4.98 Å². The largest absolute Gasteiger partial charge is 0.497 e. The minimum absolute atomic E-state index is 0.548. The van der Waals surface area contributed by atoms with Crippen molar-refractivity contribution in [3.05, 3.63) is 59.6 Å². The number of furan rings is 1. The fourth-order valence-electron chi connectivity index (χ4n) is 2.40. The van der Waals surface area contributed by atoms with Gasteiger partial charge in [-0.3, -0.25) is 4.98 Å². The van der Waals surface area contributed by atoms with Gasteiger partial charge in [0.1, 0.15) is 22.7 Å². The molecule has 0 atom stereocenters. The van der Waals surface area contributed by atoms with Crippen molar-refractivity contribution in [3.8, 4) is 5.75 Å². The predicted molar refractivity (Wildman–Crippen MR) is 85.1 cm³/mol. The summed E-state index contributed by atoms with van der Waals surface area (Å²) in [7, 11) is 1.65. The summed E-state index contributed by atoms with van der Waals surface area (Å²) in [6, 6.07) is 11.6. The molecule has 0 saturated heterocycles. The number of aliphatic hydroxyl groups is 1. The first kappa shape index (κ1) is 14.6. The first-order valence-electron chi connectivity index (χ1n) is 7.20. The molecule has 1 N–H and O–H groups in total. The van der Waals surface area contributed by atoms with E-state index in [1.54, 1.807) is 27.2 Å². The summed E-state index contributed by atoms with van der Waals surface area (Å²) < 4.78 is 10.9. The Hall–Kier alpha value is -2.33. The van der Waals surface area contributed by atoms with Crippen LogP contribution in [0.25, 0.3) is 11.0 Å². The molecule has 0 fully saturated rings. The number of fused-ring (bicyclic) bond motifs is 1. The summed E-state index contributed by atoms with van der Waals surface area (Å²) in [6.07, 6.45) is 2.44. The molecule has 22 heavy (non-hydrogen) atoms. The van der Waals surface area contributed by atoms with E-state index in [1.807, 2.05) is 36.4 Å². The van der Waals surface area contributed by atoms with Gasteiger partial charge in [-0.05, 0) is 43.7 Å². The van der Waals surface area contributed by atoms with Crippen molar-refractivity contribution in [2.45, 2.75) is 25.9 Å². The fourth-order valence-corrected chi connectivity index (χ4v) is 2.40. The quantitative estimate of drug-likeness (QED) is 0.798. The van der Waals surface area contributed by atoms with Gasteiger partial charge < -0.3 is 14.3 Å². The Balaban J connectivity index is 1.97. The smallest absolute Gasteiger partial charge is 0.137 e. The van der Waals surface area contributed by atoms with Crippen molar-refractivity contribution in [1.29, 1.82) is 0 Å². The van der Waals surface area contributed by atoms with Gasteiger partial charge in [-0.15, -0.1) is 0 Å². The summed E-state index contributed by atoms with van der Waals surface area (Å²) >= 11 is 0. The third-order valence-electron chi connectivity index (χ3n) is 3.66. The number of hydrogen-bond acceptors (Lipinski definition) is 4. The molecule has 0 spiro atoms. The van der Waals surface area contributed by atoms with Crippen LogP contribution in [0.3, 0.4) is 0 Å². The maximum absolute atomic E-state index is 10.1. The van der Waals surface area contributed by atoms with Crippen LogP contribution in [-0.2, 0) is 12.0 Å². The number of nitrogens with zero attached hydrogens (tertiary/aromatic N) is 1. The first-order chi connectivity index (χ1) is 10.5. The number of hydrogen-bond donors (Lipinski definition) is 1. The van der Waals surface area contributed by atoms with Crippen LogP contribution >= 0.6 is 0 Å². The van der Waals surface area contributed by atoms with E-state index in [4.69, 9.17) is 9.15 Å². The van der Waals surface area contributed by atoms with Gasteiger partial charge >= 0.3 is 0 Å². The molecule has 2 aromatic heterocycles. The SMILES string of the molecule is COc1ccc(Cc2nccc3oc(C(C)(C)O)cc23)cc1. The fraction of sp³-hybridized carbons (Fsp3) is 0.278. The molecule has 0 bridgehead atoms. The van der Waals surface area contributed by atoms with Gasteiger partial charge in [-0.1, -0.05) is 12.1 Å². The van der Waals surface area contributed by atoms with E-state index in [0.717, 1.165) is 28.0 Å². The molecule has 0 aliphatic rings. The molecule has 1 aromatic carbocycles. The first-order valence-corrected chi connectivity index (χ1v) is 7.20. The summed E-state index contributed by atoms with van der Waals surface area (Å²) in [6.45, 7) is 3.42. The summed E-state index contributed by atoms with van der Waals surface area (Å²) in [5.41, 5.74) is 1.82. The topological polar surface area (TPSA) is 55.5 Å². The lowest BCUT2D eigenvalue weighted by atomic mass is 10.0. The average molecular weight is 297 g/mol. The number of ether oxygens (including phenoxy) is 1. The Morgan fingerprint density at radius 2 is 1.91 bits per heavy atom. The lowest BCUT2D eigenvalue weighted by Crippen LogP contribution is -2.13. The Kier molecular flexibility index (Phi) is 3.62. The average Bonchev–Trinajstić information content (AvgIpc) is 2.93. The molecule has 0 saturated carbocycles. The lowest BCUT2D eigenvalue weighted by Gasteiger charge is -2.12. The molecule has 114 valence electrons. The Bertz CT molecular complexity index is 782. The standard InChI is InChI=1S/C18H19NO3/c1-18(2,20)17-11-14-15(19-9-8-16(14)22-17)10-12-4-6-13(21-3)7-5-12/h4-9,11,20H,10H2,1-3H3. The van der Waals surface area contributed by atoms with E-state index in [-0.39, 0.29) is 0 Å². The molecule has 4 heteroatoms. The molecule has 0 aliphatic heterocycles. The summed E-state index contributed by atoms with van der Waals surface area (Å²) in [5, 5.41) is 11.0. The zero-order valence-corrected chi connectivity index (χ0v) is 13.0. The lowest BCUT2D eigenvalue weighted by molar-refractivity contribution is 0.0559. The number of aromatic nitrogens is 1. The van der Waals surface area contributed by atoms with Crippen LogP contribution in [0.5, 0.6) is 5.75 Å². The predicted octanol–water partition coefficient (Wildman–Crippen LogP) is 3.65. The number of methoxy groups -OCH3 is 1. The van der Waals surface area contributed by atoms with Crippen LogP contribution in [0.2, 0.25) is 0 Å². The third-order valence-corrected chi connectivity index (χ3v) is 3.66. The highest BCUT2D eigenvalue weighted by Gasteiger charge is 2.22. The molecule has 0 aliphatic carbocycles. The number of benzene rings is 1. The zero-order valence-electron chi connectivity index (χ0n) is 13.0. The van der Waals surface area contributed by atoms with Crippen molar-refractivity contribution in [2.75, 3.05) is 7.11 Å². The second kappa shape index (κ2) is 5.46. The van der Waals surface area contributed by atoms with E-state index >= 15 is 0 Å². The van der Waals surface area contributed by atoms with Crippen molar-refractivity contribution >= 4 is 11.0 Å². The minimum Gasteiger partial charge on any atom is -0.497 e. The zero-order chi connectivity index (χ0) is 15.7. The second-order valence-corrected chi connectivity index (χ2v) is 5.86. The third kappa shape index (κ3) is 2.83. The molecule has 3 rings (SSSR count). The van der Waals surface area contributed by atoms with Gasteiger partial charge in [0.05, 0.1) is 12.8 Å². The van der Waals surface area contributed by atoms with Crippen LogP contribution in [0.4, 0.5) is 0 Å². The van der Waals surface area contributed by atoms with Gasteiger partial charge in [0.2, 0.25) is 0 Å². The Labute approximate surface area is 129 Å². The highest BCUT2D eigenvalue weighted by Crippen LogP contribution is 2.29. The molecule has 0 amide bonds. The van der Waals surface area contributed by atoms with E-state index in [9.17, 15) is 5.11 Å². The summed E-state index contributed by atoms with van der Waals surface area (Å²) in [5.74, 6) is 1.38. The molecule has 0 unspecified atom stereocenters. The van der Waals surface area contributed by atoms with E-state index in [0.29, 0.717) is 12.2 Å². The van der Waals surface area contributed by atoms with Crippen molar-refractivity contribution < 1.29 is 14.3 Å². The van der Waals surface area contributed by atoms with Crippen molar-refractivity contribution in [3.63, 3.8) is 0 Å². The molecule has 0 radical (unpaired) electrons. The Morgan fingerprint density at radius 1 is 1.18 bits per heavy atom. The number of rotatable bonds is 4. The summed E-state index contributed by atoms with van der Waals surface area (Å²) in [4.78, 5) is 4.47. The molecule has 4 nitrogen and oxygen atoms in total. The highest BCUT2D eigenvalue weighted by molar-refractivity contribution is 5.80. The van der Waals surface area contributed by atoms with Crippen LogP contribution < -0.4 is 4.74 Å². The maximum atomic E-state index is 10.1. The van der Waals surface area contributed by atoms with E-state index in [2.05, 4.69) is 4.98 Å². The van der Waals surface area contributed by atoms with Crippen LogP contribution in [0.1, 0.15) is 30.9 Å². The van der Waals surface area contributed by atoms with Crippen molar-refractivity contribution in [2.24, 2.45) is 0 Å². The van der Waals surface area contributed by atoms with Crippen LogP contribution in [0.15, 0.2) is 47.0 Å². The van der Waals surface area contributed by atoms with Gasteiger partial charge in [0, 0.05) is 18.0 Å². The van der Waals surface area contributed by atoms with E-state index in [1.165, 1.54) is 0 Å². The van der Waals surface area contributed by atoms with Crippen LogP contribution in [0, 0.1) is 0 Å². The highest BCUT2D eigenvalue weighted by atomic mass is 16.5. The van der Waals surface area contributed by atoms with Crippen LogP contribution in [-0.4, -0.2) is 17.2 Å². The molecular weight excluding hydrogens is 278 g/mol. The van der Waals surface area contributed by atoms with Gasteiger partial charge in [-0.2, -0.15) is 0 Å².